The highest BCUT2D eigenvalue weighted by atomic mass is 16.6. The molecule has 0 aliphatic heterocycles. The molecule has 0 saturated heterocycles. The van der Waals surface area contributed by atoms with E-state index in [1.165, 1.54) is 12.1 Å². The molecule has 0 fully saturated rings. The first-order valence-electron chi connectivity index (χ1n) is 15.8. The van der Waals surface area contributed by atoms with Crippen LogP contribution in [0.2, 0.25) is 0 Å². The zero-order valence-corrected chi connectivity index (χ0v) is 27.7. The van der Waals surface area contributed by atoms with Gasteiger partial charge in [0.15, 0.2) is 0 Å². The second-order valence-corrected chi connectivity index (χ2v) is 11.1. The van der Waals surface area contributed by atoms with E-state index in [2.05, 4.69) is 0 Å². The van der Waals surface area contributed by atoms with Gasteiger partial charge in [0, 0.05) is 12.8 Å². The quantitative estimate of drug-likeness (QED) is 0.0944. The number of carbonyl (C=O) groups excluding carboxylic acids is 6. The summed E-state index contributed by atoms with van der Waals surface area (Å²) in [7, 11) is 0. The van der Waals surface area contributed by atoms with Gasteiger partial charge < -0.3 is 28.4 Å². The summed E-state index contributed by atoms with van der Waals surface area (Å²) in [5.41, 5.74) is 0.671. The topological polar surface area (TPSA) is 158 Å². The molecule has 3 aromatic carbocycles. The lowest BCUT2D eigenvalue weighted by Gasteiger charge is -2.16. The Morgan fingerprint density at radius 3 is 1.43 bits per heavy atom. The van der Waals surface area contributed by atoms with Crippen molar-refractivity contribution in [2.45, 2.75) is 64.8 Å². The standard InChI is InChI=1S/C37H40O12/c1-25(47-33(39)21-13-12-20-32(38)44-22-26(2)48-35(41)29-16-8-5-9-17-29)23-46-36(42)30-18-10-11-19-31(30)37(43)49-27(3)24-45-34(40)28-14-6-4-7-15-28/h4-11,14-19,25-27H,12-13,20-24H2,1-3H3. The molecule has 3 rings (SSSR count). The van der Waals surface area contributed by atoms with Crippen molar-refractivity contribution in [3.05, 3.63) is 107 Å². The molecule has 0 spiro atoms. The lowest BCUT2D eigenvalue weighted by Crippen LogP contribution is -2.25. The van der Waals surface area contributed by atoms with Crippen molar-refractivity contribution >= 4 is 35.8 Å². The fourth-order valence-corrected chi connectivity index (χ4v) is 4.24. The maximum absolute atomic E-state index is 12.8. The monoisotopic (exact) mass is 676 g/mol. The Labute approximate surface area is 284 Å². The zero-order chi connectivity index (χ0) is 35.6. The van der Waals surface area contributed by atoms with E-state index in [1.807, 2.05) is 0 Å². The van der Waals surface area contributed by atoms with E-state index < -0.39 is 54.1 Å². The summed E-state index contributed by atoms with van der Waals surface area (Å²) >= 11 is 0. The Bertz CT molecular complexity index is 1550. The minimum atomic E-state index is -0.818. The average Bonchev–Trinajstić information content (AvgIpc) is 3.11. The molecule has 0 bridgehead atoms. The van der Waals surface area contributed by atoms with Gasteiger partial charge in [-0.3, -0.25) is 9.59 Å². The van der Waals surface area contributed by atoms with Crippen LogP contribution in [0.25, 0.3) is 0 Å². The molecule has 12 heteroatoms. The van der Waals surface area contributed by atoms with Crippen LogP contribution in [0.5, 0.6) is 0 Å². The van der Waals surface area contributed by atoms with Crippen molar-refractivity contribution in [2.24, 2.45) is 0 Å². The lowest BCUT2D eigenvalue weighted by atomic mass is 10.1. The summed E-state index contributed by atoms with van der Waals surface area (Å²) in [6.45, 7) is 4.17. The summed E-state index contributed by atoms with van der Waals surface area (Å²) in [6.07, 6.45) is -1.37. The largest absolute Gasteiger partial charge is 0.462 e. The molecular weight excluding hydrogens is 636 g/mol. The summed E-state index contributed by atoms with van der Waals surface area (Å²) in [4.78, 5) is 74.1. The van der Waals surface area contributed by atoms with Gasteiger partial charge in [0.2, 0.25) is 0 Å². The molecule has 0 aliphatic carbocycles. The lowest BCUT2D eigenvalue weighted by molar-refractivity contribution is -0.151. The van der Waals surface area contributed by atoms with Gasteiger partial charge in [-0.1, -0.05) is 48.5 Å². The SMILES string of the molecule is CC(COC(=O)c1ccccc1C(=O)OC(C)COC(=O)c1ccccc1)OC(=O)CCCCC(=O)OCC(C)OC(=O)c1ccccc1. The average molecular weight is 677 g/mol. The second-order valence-electron chi connectivity index (χ2n) is 11.1. The second kappa shape index (κ2) is 20.0. The smallest absolute Gasteiger partial charge is 0.339 e. The van der Waals surface area contributed by atoms with Gasteiger partial charge in [0.05, 0.1) is 22.3 Å². The van der Waals surface area contributed by atoms with Crippen LogP contribution in [0.3, 0.4) is 0 Å². The molecule has 49 heavy (non-hydrogen) atoms. The Balaban J connectivity index is 1.31. The number of hydrogen-bond acceptors (Lipinski definition) is 12. The number of ether oxygens (including phenoxy) is 6. The van der Waals surface area contributed by atoms with Crippen LogP contribution in [-0.2, 0) is 38.0 Å². The van der Waals surface area contributed by atoms with Crippen LogP contribution >= 0.6 is 0 Å². The minimum Gasteiger partial charge on any atom is -0.462 e. The van der Waals surface area contributed by atoms with Crippen molar-refractivity contribution < 1.29 is 57.2 Å². The number of rotatable bonds is 18. The molecule has 3 atom stereocenters. The van der Waals surface area contributed by atoms with Crippen molar-refractivity contribution in [3.63, 3.8) is 0 Å². The summed E-state index contributed by atoms with van der Waals surface area (Å²) in [5, 5.41) is 0. The van der Waals surface area contributed by atoms with Gasteiger partial charge in [0.1, 0.15) is 38.1 Å². The van der Waals surface area contributed by atoms with Gasteiger partial charge in [-0.15, -0.1) is 0 Å². The first-order valence-corrected chi connectivity index (χ1v) is 15.8. The van der Waals surface area contributed by atoms with Crippen LogP contribution in [-0.4, -0.2) is 73.9 Å². The molecule has 12 nitrogen and oxygen atoms in total. The normalized spacial score (nSPS) is 12.4. The van der Waals surface area contributed by atoms with E-state index in [4.69, 9.17) is 28.4 Å². The van der Waals surface area contributed by atoms with E-state index in [1.54, 1.807) is 93.6 Å². The van der Waals surface area contributed by atoms with Crippen LogP contribution in [0.4, 0.5) is 0 Å². The first kappa shape index (κ1) is 37.9. The molecular formula is C37H40O12. The summed E-state index contributed by atoms with van der Waals surface area (Å²) in [6, 6.07) is 22.8. The highest BCUT2D eigenvalue weighted by Crippen LogP contribution is 2.15. The molecule has 0 aromatic heterocycles. The number of carbonyl (C=O) groups is 6. The number of benzene rings is 3. The van der Waals surface area contributed by atoms with Gasteiger partial charge in [0.25, 0.3) is 0 Å². The number of unbranched alkanes of at least 4 members (excludes halogenated alkanes) is 1. The van der Waals surface area contributed by atoms with Gasteiger partial charge >= 0.3 is 35.8 Å². The Morgan fingerprint density at radius 2 is 0.857 bits per heavy atom. The predicted molar refractivity (Wildman–Crippen MR) is 175 cm³/mol. The van der Waals surface area contributed by atoms with Crippen LogP contribution in [0.1, 0.15) is 87.9 Å². The molecule has 0 saturated carbocycles. The third kappa shape index (κ3) is 13.6. The molecule has 260 valence electrons. The number of esters is 6. The van der Waals surface area contributed by atoms with Gasteiger partial charge in [-0.05, 0) is 70.0 Å². The van der Waals surface area contributed by atoms with E-state index >= 15 is 0 Å². The Kier molecular flexibility index (Phi) is 15.5. The van der Waals surface area contributed by atoms with E-state index in [9.17, 15) is 28.8 Å². The highest BCUT2D eigenvalue weighted by molar-refractivity contribution is 6.03. The maximum atomic E-state index is 12.8. The fourth-order valence-electron chi connectivity index (χ4n) is 4.24. The molecule has 0 N–H and O–H groups in total. The van der Waals surface area contributed by atoms with Crippen molar-refractivity contribution in [1.29, 1.82) is 0 Å². The molecule has 0 heterocycles. The molecule has 3 unspecified atom stereocenters. The summed E-state index contributed by atoms with van der Waals surface area (Å²) in [5.74, 6) is -3.72. The van der Waals surface area contributed by atoms with Crippen LogP contribution < -0.4 is 0 Å². The van der Waals surface area contributed by atoms with Crippen LogP contribution in [0.15, 0.2) is 84.9 Å². The van der Waals surface area contributed by atoms with Crippen LogP contribution in [0, 0.1) is 0 Å². The maximum Gasteiger partial charge on any atom is 0.339 e. The van der Waals surface area contributed by atoms with Gasteiger partial charge in [-0.25, -0.2) is 19.2 Å². The fraction of sp³-hybridized carbons (Fsp3) is 0.351. The van der Waals surface area contributed by atoms with E-state index in [0.29, 0.717) is 24.0 Å². The van der Waals surface area contributed by atoms with Crippen molar-refractivity contribution in [3.8, 4) is 0 Å². The Morgan fingerprint density at radius 1 is 0.449 bits per heavy atom. The van der Waals surface area contributed by atoms with E-state index in [0.717, 1.165) is 0 Å². The van der Waals surface area contributed by atoms with Crippen molar-refractivity contribution in [2.75, 3.05) is 19.8 Å². The molecule has 3 aromatic rings. The third-order valence-electron chi connectivity index (χ3n) is 6.72. The Hall–Kier alpha value is -5.52. The third-order valence-corrected chi connectivity index (χ3v) is 6.72. The molecule has 0 radical (unpaired) electrons. The number of hydrogen-bond donors (Lipinski definition) is 0. The summed E-state index contributed by atoms with van der Waals surface area (Å²) < 4.78 is 31.5. The zero-order valence-electron chi connectivity index (χ0n) is 27.7. The van der Waals surface area contributed by atoms with Crippen molar-refractivity contribution in [1.82, 2.24) is 0 Å². The predicted octanol–water partition coefficient (Wildman–Crippen LogP) is 5.53. The van der Waals surface area contributed by atoms with Gasteiger partial charge in [-0.2, -0.15) is 0 Å². The highest BCUT2D eigenvalue weighted by Gasteiger charge is 2.23. The first-order chi connectivity index (χ1) is 23.5. The molecule has 0 aliphatic rings. The minimum absolute atomic E-state index is 0.0319. The molecule has 0 amide bonds. The van der Waals surface area contributed by atoms with E-state index in [-0.39, 0.29) is 43.8 Å².